The monoisotopic (exact) mass is 283 g/mol. The maximum Gasteiger partial charge on any atom is 0.142 e. The molecule has 18 heavy (non-hydrogen) atoms. The molecule has 2 N–H and O–H groups in total. The highest BCUT2D eigenvalue weighted by molar-refractivity contribution is 6.31. The molecule has 0 fully saturated rings. The summed E-state index contributed by atoms with van der Waals surface area (Å²) in [5.74, 6) is -0.455. The maximum atomic E-state index is 13.3. The minimum atomic E-state index is -0.455. The van der Waals surface area contributed by atoms with Crippen molar-refractivity contribution < 1.29 is 4.39 Å². The van der Waals surface area contributed by atoms with Gasteiger partial charge in [-0.3, -0.25) is 0 Å². The number of halogens is 3. The number of hydrogen-bond acceptors (Lipinski definition) is 1. The van der Waals surface area contributed by atoms with Crippen molar-refractivity contribution in [3.63, 3.8) is 0 Å². The van der Waals surface area contributed by atoms with Crippen LogP contribution in [0.1, 0.15) is 17.2 Å². The average Bonchev–Trinajstić information content (AvgIpc) is 2.35. The van der Waals surface area contributed by atoms with E-state index < -0.39 is 5.82 Å². The van der Waals surface area contributed by atoms with Crippen LogP contribution < -0.4 is 5.73 Å². The molecule has 0 aliphatic rings. The first-order chi connectivity index (χ1) is 8.58. The molecular formula is C14H12Cl2FN. The highest BCUT2D eigenvalue weighted by Gasteiger charge is 2.11. The standard InChI is InChI=1S/C14H12Cl2FN/c15-11-4-2-1-3-9(11)8-14(18)10-5-6-12(16)13(17)7-10/h1-7,14H,8,18H2. The van der Waals surface area contributed by atoms with Gasteiger partial charge in [0.2, 0.25) is 0 Å². The number of hydrogen-bond donors (Lipinski definition) is 1. The molecule has 0 spiro atoms. The lowest BCUT2D eigenvalue weighted by Crippen LogP contribution is -2.13. The summed E-state index contributed by atoms with van der Waals surface area (Å²) in [5.41, 5.74) is 7.70. The summed E-state index contributed by atoms with van der Waals surface area (Å²) < 4.78 is 13.3. The SMILES string of the molecule is NC(Cc1ccccc1Cl)c1ccc(Cl)c(F)c1. The Balaban J connectivity index is 2.19. The Kier molecular flexibility index (Phi) is 4.23. The molecule has 2 aromatic rings. The second-order valence-corrected chi connectivity index (χ2v) is 4.89. The fourth-order valence-electron chi connectivity index (χ4n) is 1.76. The van der Waals surface area contributed by atoms with Gasteiger partial charge in [0.05, 0.1) is 5.02 Å². The van der Waals surface area contributed by atoms with E-state index in [2.05, 4.69) is 0 Å². The average molecular weight is 284 g/mol. The summed E-state index contributed by atoms with van der Waals surface area (Å²) in [7, 11) is 0. The molecule has 4 heteroatoms. The van der Waals surface area contributed by atoms with Crippen LogP contribution in [0.15, 0.2) is 42.5 Å². The van der Waals surface area contributed by atoms with Crippen molar-refractivity contribution >= 4 is 23.2 Å². The van der Waals surface area contributed by atoms with E-state index in [1.165, 1.54) is 12.1 Å². The molecule has 0 heterocycles. The van der Waals surface area contributed by atoms with E-state index in [1.807, 2.05) is 24.3 Å². The molecule has 0 aliphatic carbocycles. The molecule has 0 aromatic heterocycles. The van der Waals surface area contributed by atoms with Crippen LogP contribution in [0.3, 0.4) is 0 Å². The highest BCUT2D eigenvalue weighted by Crippen LogP contribution is 2.24. The van der Waals surface area contributed by atoms with E-state index in [1.54, 1.807) is 6.07 Å². The van der Waals surface area contributed by atoms with Gasteiger partial charge in [0.15, 0.2) is 0 Å². The molecule has 1 atom stereocenters. The van der Waals surface area contributed by atoms with Gasteiger partial charge in [0, 0.05) is 11.1 Å². The molecule has 0 saturated heterocycles. The predicted molar refractivity (Wildman–Crippen MR) is 73.5 cm³/mol. The van der Waals surface area contributed by atoms with Crippen molar-refractivity contribution in [1.82, 2.24) is 0 Å². The van der Waals surface area contributed by atoms with Gasteiger partial charge >= 0.3 is 0 Å². The first-order valence-corrected chi connectivity index (χ1v) is 6.27. The zero-order chi connectivity index (χ0) is 13.1. The van der Waals surface area contributed by atoms with Gasteiger partial charge in [0.1, 0.15) is 5.82 Å². The molecule has 1 nitrogen and oxygen atoms in total. The van der Waals surface area contributed by atoms with Gasteiger partial charge < -0.3 is 5.73 Å². The molecule has 94 valence electrons. The molecule has 0 radical (unpaired) electrons. The van der Waals surface area contributed by atoms with Crippen molar-refractivity contribution in [2.75, 3.05) is 0 Å². The Hall–Kier alpha value is -1.09. The predicted octanol–water partition coefficient (Wildman–Crippen LogP) is 4.38. The van der Waals surface area contributed by atoms with Crippen LogP contribution in [0.4, 0.5) is 4.39 Å². The molecule has 2 aromatic carbocycles. The number of benzene rings is 2. The lowest BCUT2D eigenvalue weighted by molar-refractivity contribution is 0.619. The van der Waals surface area contributed by atoms with Gasteiger partial charge in [-0.05, 0) is 35.7 Å². The van der Waals surface area contributed by atoms with E-state index in [0.29, 0.717) is 17.0 Å². The zero-order valence-electron chi connectivity index (χ0n) is 9.54. The third kappa shape index (κ3) is 3.02. The van der Waals surface area contributed by atoms with Crippen LogP contribution in [0.25, 0.3) is 0 Å². The Bertz CT molecular complexity index is 557. The lowest BCUT2D eigenvalue weighted by atomic mass is 9.99. The van der Waals surface area contributed by atoms with E-state index >= 15 is 0 Å². The third-order valence-electron chi connectivity index (χ3n) is 2.77. The van der Waals surface area contributed by atoms with Gasteiger partial charge in [-0.15, -0.1) is 0 Å². The summed E-state index contributed by atoms with van der Waals surface area (Å²) in [6, 6.07) is 11.8. The minimum Gasteiger partial charge on any atom is -0.324 e. The van der Waals surface area contributed by atoms with Crippen molar-refractivity contribution in [1.29, 1.82) is 0 Å². The Morgan fingerprint density at radius 1 is 1.06 bits per heavy atom. The van der Waals surface area contributed by atoms with Gasteiger partial charge in [-0.1, -0.05) is 47.5 Å². The summed E-state index contributed by atoms with van der Waals surface area (Å²) in [6.45, 7) is 0. The van der Waals surface area contributed by atoms with Crippen LogP contribution in [0, 0.1) is 5.82 Å². The molecule has 0 saturated carbocycles. The first kappa shape index (κ1) is 13.3. The molecule has 2 rings (SSSR count). The maximum absolute atomic E-state index is 13.3. The van der Waals surface area contributed by atoms with Crippen molar-refractivity contribution in [2.24, 2.45) is 5.73 Å². The van der Waals surface area contributed by atoms with Crippen LogP contribution >= 0.6 is 23.2 Å². The molecular weight excluding hydrogens is 272 g/mol. The van der Waals surface area contributed by atoms with Crippen LogP contribution in [0.5, 0.6) is 0 Å². The fourth-order valence-corrected chi connectivity index (χ4v) is 2.09. The smallest absolute Gasteiger partial charge is 0.142 e. The largest absolute Gasteiger partial charge is 0.324 e. The third-order valence-corrected chi connectivity index (χ3v) is 3.44. The number of rotatable bonds is 3. The van der Waals surface area contributed by atoms with Crippen LogP contribution in [0.2, 0.25) is 10.0 Å². The summed E-state index contributed by atoms with van der Waals surface area (Å²) in [6.07, 6.45) is 0.556. The lowest BCUT2D eigenvalue weighted by Gasteiger charge is -2.13. The van der Waals surface area contributed by atoms with Crippen molar-refractivity contribution in [3.05, 3.63) is 69.5 Å². The second kappa shape index (κ2) is 5.70. The summed E-state index contributed by atoms with van der Waals surface area (Å²) in [4.78, 5) is 0. The highest BCUT2D eigenvalue weighted by atomic mass is 35.5. The van der Waals surface area contributed by atoms with E-state index in [4.69, 9.17) is 28.9 Å². The Morgan fingerprint density at radius 2 is 1.78 bits per heavy atom. The molecule has 0 aliphatic heterocycles. The zero-order valence-corrected chi connectivity index (χ0v) is 11.0. The van der Waals surface area contributed by atoms with Crippen LogP contribution in [-0.2, 0) is 6.42 Å². The van der Waals surface area contributed by atoms with Crippen molar-refractivity contribution in [3.8, 4) is 0 Å². The first-order valence-electron chi connectivity index (χ1n) is 5.52. The Labute approximate surface area is 115 Å². The molecule has 0 amide bonds. The Morgan fingerprint density at radius 3 is 2.44 bits per heavy atom. The van der Waals surface area contributed by atoms with E-state index in [-0.39, 0.29) is 11.1 Å². The van der Waals surface area contributed by atoms with Crippen molar-refractivity contribution in [2.45, 2.75) is 12.5 Å². The topological polar surface area (TPSA) is 26.0 Å². The van der Waals surface area contributed by atoms with Crippen LogP contribution in [-0.4, -0.2) is 0 Å². The van der Waals surface area contributed by atoms with Gasteiger partial charge in [-0.2, -0.15) is 0 Å². The molecule has 1 unspecified atom stereocenters. The molecule has 0 bridgehead atoms. The fraction of sp³-hybridized carbons (Fsp3) is 0.143. The minimum absolute atomic E-state index is 0.101. The number of nitrogens with two attached hydrogens (primary N) is 1. The summed E-state index contributed by atoms with van der Waals surface area (Å²) >= 11 is 11.7. The second-order valence-electron chi connectivity index (χ2n) is 4.08. The van der Waals surface area contributed by atoms with E-state index in [0.717, 1.165) is 5.56 Å². The van der Waals surface area contributed by atoms with E-state index in [9.17, 15) is 4.39 Å². The summed E-state index contributed by atoms with van der Waals surface area (Å²) in [5, 5.41) is 0.770. The van der Waals surface area contributed by atoms with Gasteiger partial charge in [-0.25, -0.2) is 4.39 Å². The quantitative estimate of drug-likeness (QED) is 0.889. The van der Waals surface area contributed by atoms with Gasteiger partial charge in [0.25, 0.3) is 0 Å². The normalized spacial score (nSPS) is 12.4.